The monoisotopic (exact) mass is 270 g/mol. The molecule has 5 heteroatoms. The lowest BCUT2D eigenvalue weighted by Crippen LogP contribution is -2.06. The summed E-state index contributed by atoms with van der Waals surface area (Å²) in [7, 11) is 0. The molecule has 0 aromatic carbocycles. The van der Waals surface area contributed by atoms with Crippen LogP contribution in [0.2, 0.25) is 0 Å². The van der Waals surface area contributed by atoms with Gasteiger partial charge in [-0.15, -0.1) is 0 Å². The van der Waals surface area contributed by atoms with Crippen molar-refractivity contribution in [1.29, 1.82) is 0 Å². The zero-order valence-corrected chi connectivity index (χ0v) is 11.0. The highest BCUT2D eigenvalue weighted by Gasteiger charge is 2.19. The van der Waals surface area contributed by atoms with Gasteiger partial charge in [-0.1, -0.05) is 0 Å². The Labute approximate surface area is 115 Å². The van der Waals surface area contributed by atoms with E-state index in [1.54, 1.807) is 19.3 Å². The normalized spacial score (nSPS) is 10.7. The van der Waals surface area contributed by atoms with Crippen LogP contribution < -0.4 is 0 Å². The maximum Gasteiger partial charge on any atom is 0.355 e. The fourth-order valence-corrected chi connectivity index (χ4v) is 2.09. The second kappa shape index (κ2) is 5.13. The van der Waals surface area contributed by atoms with Crippen LogP contribution in [0.5, 0.6) is 0 Å². The number of nitrogens with one attached hydrogen (secondary N) is 2. The Kier molecular flexibility index (Phi) is 3.16. The molecule has 2 N–H and O–H groups in total. The lowest BCUT2D eigenvalue weighted by atomic mass is 10.1. The van der Waals surface area contributed by atoms with Crippen molar-refractivity contribution in [1.82, 2.24) is 9.97 Å². The third kappa shape index (κ3) is 2.14. The van der Waals surface area contributed by atoms with E-state index >= 15 is 0 Å². The Morgan fingerprint density at radius 2 is 2.20 bits per heavy atom. The van der Waals surface area contributed by atoms with Gasteiger partial charge >= 0.3 is 5.97 Å². The molecule has 0 bridgehead atoms. The largest absolute Gasteiger partial charge is 0.463 e. The van der Waals surface area contributed by atoms with Crippen molar-refractivity contribution in [3.63, 3.8) is 0 Å². The van der Waals surface area contributed by atoms with Crippen LogP contribution in [0, 0.1) is 0 Å². The molecule has 3 aromatic heterocycles. The van der Waals surface area contributed by atoms with Crippen molar-refractivity contribution in [2.75, 3.05) is 6.61 Å². The van der Waals surface area contributed by atoms with Crippen LogP contribution in [-0.2, 0) is 4.74 Å². The van der Waals surface area contributed by atoms with E-state index in [9.17, 15) is 4.79 Å². The second-order valence-corrected chi connectivity index (χ2v) is 4.25. The number of aromatic nitrogens is 2. The molecule has 3 rings (SSSR count). The number of esters is 1. The number of aromatic amines is 2. The van der Waals surface area contributed by atoms with E-state index in [-0.39, 0.29) is 5.97 Å². The van der Waals surface area contributed by atoms with Gasteiger partial charge in [0.05, 0.1) is 18.6 Å². The van der Waals surface area contributed by atoms with Crippen LogP contribution in [0.15, 0.2) is 47.2 Å². The van der Waals surface area contributed by atoms with Gasteiger partial charge in [-0.3, -0.25) is 0 Å². The van der Waals surface area contributed by atoms with Crippen molar-refractivity contribution in [2.24, 2.45) is 0 Å². The topological polar surface area (TPSA) is 71.0 Å². The van der Waals surface area contributed by atoms with Crippen molar-refractivity contribution >= 4 is 5.97 Å². The van der Waals surface area contributed by atoms with E-state index in [4.69, 9.17) is 9.15 Å². The Hall–Kier alpha value is -2.69. The molecule has 0 unspecified atom stereocenters. The molecule has 0 saturated heterocycles. The minimum absolute atomic E-state index is 0.331. The zero-order chi connectivity index (χ0) is 13.9. The molecule has 3 heterocycles. The van der Waals surface area contributed by atoms with E-state index < -0.39 is 0 Å². The minimum Gasteiger partial charge on any atom is -0.463 e. The Morgan fingerprint density at radius 3 is 2.85 bits per heavy atom. The van der Waals surface area contributed by atoms with Gasteiger partial charge in [0.15, 0.2) is 0 Å². The number of carbonyl (C=O) groups is 1. The Balaban J connectivity index is 2.09. The number of H-pyrrole nitrogens is 2. The van der Waals surface area contributed by atoms with Crippen LogP contribution in [0.1, 0.15) is 17.4 Å². The first-order valence-electron chi connectivity index (χ1n) is 6.37. The molecule has 0 fully saturated rings. The summed E-state index contributed by atoms with van der Waals surface area (Å²) in [4.78, 5) is 18.2. The molecule has 0 aliphatic heterocycles. The fraction of sp³-hybridized carbons (Fsp3) is 0.133. The van der Waals surface area contributed by atoms with Gasteiger partial charge in [0, 0.05) is 17.5 Å². The molecule has 3 aromatic rings. The van der Waals surface area contributed by atoms with E-state index in [1.165, 1.54) is 0 Å². The predicted octanol–water partition coefficient (Wildman–Crippen LogP) is 3.45. The van der Waals surface area contributed by atoms with Gasteiger partial charge in [-0.25, -0.2) is 4.79 Å². The standard InChI is InChI=1S/C15H14N2O3/c1-2-19-15(18)14-10(11-5-3-7-16-11)9-12(17-14)13-6-4-8-20-13/h3-9,16-17H,2H2,1H3. The quantitative estimate of drug-likeness (QED) is 0.713. The van der Waals surface area contributed by atoms with E-state index in [0.717, 1.165) is 17.0 Å². The average molecular weight is 270 g/mol. The summed E-state index contributed by atoms with van der Waals surface area (Å²) in [5.74, 6) is 0.295. The molecule has 0 saturated carbocycles. The number of hydrogen-bond acceptors (Lipinski definition) is 3. The van der Waals surface area contributed by atoms with Crippen molar-refractivity contribution in [2.45, 2.75) is 6.92 Å². The van der Waals surface area contributed by atoms with Gasteiger partial charge in [-0.2, -0.15) is 0 Å². The molecular formula is C15H14N2O3. The summed E-state index contributed by atoms with van der Waals surface area (Å²) >= 11 is 0. The maximum atomic E-state index is 12.0. The first-order chi connectivity index (χ1) is 9.79. The number of furan rings is 1. The third-order valence-electron chi connectivity index (χ3n) is 2.97. The van der Waals surface area contributed by atoms with Gasteiger partial charge in [0.2, 0.25) is 0 Å². The van der Waals surface area contributed by atoms with Crippen LogP contribution in [0.3, 0.4) is 0 Å². The number of hydrogen-bond donors (Lipinski definition) is 2. The first kappa shape index (κ1) is 12.3. The highest BCUT2D eigenvalue weighted by Crippen LogP contribution is 2.29. The van der Waals surface area contributed by atoms with Crippen LogP contribution >= 0.6 is 0 Å². The SMILES string of the molecule is CCOC(=O)c1[nH]c(-c2ccco2)cc1-c1ccc[nH]1. The molecule has 0 amide bonds. The van der Waals surface area contributed by atoms with E-state index in [0.29, 0.717) is 18.1 Å². The zero-order valence-electron chi connectivity index (χ0n) is 11.0. The van der Waals surface area contributed by atoms with Crippen molar-refractivity contribution in [3.8, 4) is 22.7 Å². The van der Waals surface area contributed by atoms with Crippen LogP contribution in [-0.4, -0.2) is 22.5 Å². The molecule has 0 spiro atoms. The maximum absolute atomic E-state index is 12.0. The van der Waals surface area contributed by atoms with Crippen molar-refractivity contribution in [3.05, 3.63) is 48.5 Å². The highest BCUT2D eigenvalue weighted by molar-refractivity contribution is 5.96. The molecule has 0 aliphatic carbocycles. The second-order valence-electron chi connectivity index (χ2n) is 4.25. The molecule has 20 heavy (non-hydrogen) atoms. The number of ether oxygens (including phenoxy) is 1. The van der Waals surface area contributed by atoms with Gasteiger partial charge in [0.1, 0.15) is 11.5 Å². The molecule has 5 nitrogen and oxygen atoms in total. The first-order valence-corrected chi connectivity index (χ1v) is 6.37. The summed E-state index contributed by atoms with van der Waals surface area (Å²) in [5.41, 5.74) is 2.77. The van der Waals surface area contributed by atoms with E-state index in [1.807, 2.05) is 30.5 Å². The highest BCUT2D eigenvalue weighted by atomic mass is 16.5. The Bertz CT molecular complexity index is 694. The van der Waals surface area contributed by atoms with E-state index in [2.05, 4.69) is 9.97 Å². The van der Waals surface area contributed by atoms with Crippen LogP contribution in [0.25, 0.3) is 22.7 Å². The van der Waals surface area contributed by atoms with Gasteiger partial charge in [-0.05, 0) is 37.3 Å². The summed E-state index contributed by atoms with van der Waals surface area (Å²) in [6.45, 7) is 2.11. The number of carbonyl (C=O) groups excluding carboxylic acids is 1. The third-order valence-corrected chi connectivity index (χ3v) is 2.97. The fourth-order valence-electron chi connectivity index (χ4n) is 2.09. The smallest absolute Gasteiger partial charge is 0.355 e. The molecule has 0 atom stereocenters. The molecule has 0 radical (unpaired) electrons. The summed E-state index contributed by atoms with van der Waals surface area (Å²) in [5, 5.41) is 0. The summed E-state index contributed by atoms with van der Waals surface area (Å²) in [6.07, 6.45) is 3.40. The number of rotatable bonds is 4. The minimum atomic E-state index is -0.380. The van der Waals surface area contributed by atoms with Crippen molar-refractivity contribution < 1.29 is 13.9 Å². The molecule has 102 valence electrons. The van der Waals surface area contributed by atoms with Gasteiger partial charge in [0.25, 0.3) is 0 Å². The Morgan fingerprint density at radius 1 is 1.30 bits per heavy atom. The lowest BCUT2D eigenvalue weighted by Gasteiger charge is -2.02. The molecule has 0 aliphatic rings. The average Bonchev–Trinajstić information content (AvgIpc) is 3.19. The molecular weight excluding hydrogens is 256 g/mol. The van der Waals surface area contributed by atoms with Gasteiger partial charge < -0.3 is 19.1 Å². The lowest BCUT2D eigenvalue weighted by molar-refractivity contribution is 0.0521. The summed E-state index contributed by atoms with van der Waals surface area (Å²) in [6, 6.07) is 9.28. The van der Waals surface area contributed by atoms with Crippen LogP contribution in [0.4, 0.5) is 0 Å². The summed E-state index contributed by atoms with van der Waals surface area (Å²) < 4.78 is 10.4. The predicted molar refractivity (Wildman–Crippen MR) is 74.2 cm³/mol.